The Morgan fingerprint density at radius 2 is 1.83 bits per heavy atom. The minimum Gasteiger partial charge on any atom is -0.497 e. The van der Waals surface area contributed by atoms with Crippen LogP contribution in [0.3, 0.4) is 0 Å². The van der Waals surface area contributed by atoms with E-state index in [9.17, 15) is 4.79 Å². The Morgan fingerprint density at radius 1 is 1.13 bits per heavy atom. The number of aromatic nitrogens is 3. The Morgan fingerprint density at radius 3 is 2.50 bits per heavy atom. The predicted octanol–water partition coefficient (Wildman–Crippen LogP) is 3.39. The number of thioether (sulfide) groups is 1. The molecule has 3 aromatic rings. The van der Waals surface area contributed by atoms with Crippen molar-refractivity contribution < 1.29 is 14.3 Å². The fraction of sp³-hybridized carbons (Fsp3) is 0.286. The first-order valence-corrected chi connectivity index (χ1v) is 10.5. The van der Waals surface area contributed by atoms with Crippen LogP contribution in [0.5, 0.6) is 11.5 Å². The number of fused-ring (bicyclic) bond motifs is 1. The second kappa shape index (κ2) is 8.66. The lowest BCUT2D eigenvalue weighted by Gasteiger charge is -2.32. The number of methoxy groups -OCH3 is 1. The molecule has 0 unspecified atom stereocenters. The minimum atomic E-state index is -0.443. The van der Waals surface area contributed by atoms with Gasteiger partial charge in [0.25, 0.3) is 0 Å². The largest absolute Gasteiger partial charge is 0.497 e. The zero-order valence-electron chi connectivity index (χ0n) is 17.0. The van der Waals surface area contributed by atoms with E-state index in [1.165, 1.54) is 11.8 Å². The number of carbonyl (C=O) groups is 1. The van der Waals surface area contributed by atoms with Gasteiger partial charge in [0, 0.05) is 5.69 Å². The lowest BCUT2D eigenvalue weighted by molar-refractivity contribution is -0.116. The molecule has 156 valence electrons. The maximum absolute atomic E-state index is 13.2. The molecule has 0 bridgehead atoms. The zero-order chi connectivity index (χ0) is 21.1. The molecule has 1 aliphatic heterocycles. The molecule has 9 heteroatoms. The topological polar surface area (TPSA) is 90.3 Å². The number of benzene rings is 2. The van der Waals surface area contributed by atoms with E-state index in [-0.39, 0.29) is 11.9 Å². The molecule has 2 heterocycles. The average Bonchev–Trinajstić information content (AvgIpc) is 3.14. The number of hydrogen-bond acceptors (Lipinski definition) is 7. The van der Waals surface area contributed by atoms with Gasteiger partial charge in [-0.1, -0.05) is 23.9 Å². The fourth-order valence-corrected chi connectivity index (χ4v) is 4.36. The summed E-state index contributed by atoms with van der Waals surface area (Å²) in [5, 5.41) is 11.5. The smallest absolute Gasteiger partial charge is 0.240 e. The van der Waals surface area contributed by atoms with Crippen molar-refractivity contribution in [2.24, 2.45) is 0 Å². The molecule has 0 saturated heterocycles. The third-order valence-electron chi connectivity index (χ3n) is 4.76. The van der Waals surface area contributed by atoms with Crippen LogP contribution in [0.2, 0.25) is 0 Å². The van der Waals surface area contributed by atoms with Gasteiger partial charge in [-0.2, -0.15) is 0 Å². The average molecular weight is 426 g/mol. The Hall–Kier alpha value is -3.20. The fourth-order valence-electron chi connectivity index (χ4n) is 3.24. The molecule has 1 amide bonds. The Balaban J connectivity index is 1.61. The SMILES string of the molecule is CCOc1ccc([C@H]2Nn3c(C)nnc3S[C@H]2C(=O)Nc2ccc(OC)cc2)cc1. The highest BCUT2D eigenvalue weighted by Crippen LogP contribution is 2.38. The van der Waals surface area contributed by atoms with Crippen molar-refractivity contribution in [2.75, 3.05) is 24.5 Å². The molecule has 1 aromatic heterocycles. The summed E-state index contributed by atoms with van der Waals surface area (Å²) in [6.07, 6.45) is 0. The lowest BCUT2D eigenvalue weighted by atomic mass is 10.0. The number of carbonyl (C=O) groups excluding carboxylic acids is 1. The van der Waals surface area contributed by atoms with Crippen LogP contribution in [0, 0.1) is 6.92 Å². The Labute approximate surface area is 179 Å². The number of amides is 1. The summed E-state index contributed by atoms with van der Waals surface area (Å²) >= 11 is 1.39. The summed E-state index contributed by atoms with van der Waals surface area (Å²) < 4.78 is 12.5. The quantitative estimate of drug-likeness (QED) is 0.626. The van der Waals surface area contributed by atoms with Gasteiger partial charge in [-0.05, 0) is 55.8 Å². The van der Waals surface area contributed by atoms with Crippen LogP contribution in [0.1, 0.15) is 24.4 Å². The summed E-state index contributed by atoms with van der Waals surface area (Å²) in [6, 6.07) is 14.8. The molecule has 4 rings (SSSR count). The summed E-state index contributed by atoms with van der Waals surface area (Å²) in [5.41, 5.74) is 5.07. The van der Waals surface area contributed by atoms with Crippen LogP contribution in [-0.2, 0) is 4.79 Å². The van der Waals surface area contributed by atoms with Crippen molar-refractivity contribution in [3.05, 3.63) is 59.9 Å². The highest BCUT2D eigenvalue weighted by atomic mass is 32.2. The summed E-state index contributed by atoms with van der Waals surface area (Å²) in [4.78, 5) is 13.2. The molecule has 2 N–H and O–H groups in total. The van der Waals surface area contributed by atoms with E-state index in [1.54, 1.807) is 7.11 Å². The lowest BCUT2D eigenvalue weighted by Crippen LogP contribution is -2.41. The van der Waals surface area contributed by atoms with Gasteiger partial charge in [-0.3, -0.25) is 4.79 Å². The van der Waals surface area contributed by atoms with Gasteiger partial charge in [0.15, 0.2) is 0 Å². The molecular formula is C21H23N5O3S. The van der Waals surface area contributed by atoms with Gasteiger partial charge in [0.1, 0.15) is 22.6 Å². The van der Waals surface area contributed by atoms with Crippen molar-refractivity contribution in [2.45, 2.75) is 30.3 Å². The molecule has 0 aliphatic carbocycles. The number of aryl methyl sites for hydroxylation is 1. The van der Waals surface area contributed by atoms with E-state index < -0.39 is 5.25 Å². The monoisotopic (exact) mass is 425 g/mol. The van der Waals surface area contributed by atoms with Crippen molar-refractivity contribution >= 4 is 23.4 Å². The van der Waals surface area contributed by atoms with Crippen LogP contribution < -0.4 is 20.2 Å². The number of rotatable bonds is 6. The molecule has 0 saturated carbocycles. The number of nitrogens with zero attached hydrogens (tertiary/aromatic N) is 3. The van der Waals surface area contributed by atoms with Crippen molar-refractivity contribution in [1.29, 1.82) is 0 Å². The third kappa shape index (κ3) is 4.06. The van der Waals surface area contributed by atoms with Crippen molar-refractivity contribution in [3.63, 3.8) is 0 Å². The van der Waals surface area contributed by atoms with E-state index in [1.807, 2.05) is 67.1 Å². The highest BCUT2D eigenvalue weighted by Gasteiger charge is 2.37. The van der Waals surface area contributed by atoms with Gasteiger partial charge in [-0.25, -0.2) is 4.68 Å². The normalized spacial score (nSPS) is 17.6. The molecule has 30 heavy (non-hydrogen) atoms. The molecule has 8 nitrogen and oxygen atoms in total. The number of anilines is 1. The van der Waals surface area contributed by atoms with Gasteiger partial charge in [-0.15, -0.1) is 10.2 Å². The molecule has 2 aromatic carbocycles. The van der Waals surface area contributed by atoms with E-state index in [4.69, 9.17) is 9.47 Å². The zero-order valence-corrected chi connectivity index (χ0v) is 17.8. The Kier molecular flexibility index (Phi) is 5.80. The van der Waals surface area contributed by atoms with E-state index in [0.29, 0.717) is 17.5 Å². The van der Waals surface area contributed by atoms with E-state index in [2.05, 4.69) is 20.9 Å². The molecule has 2 atom stereocenters. The van der Waals surface area contributed by atoms with Crippen LogP contribution in [0.4, 0.5) is 5.69 Å². The Bertz CT molecular complexity index is 1020. The van der Waals surface area contributed by atoms with Crippen molar-refractivity contribution in [1.82, 2.24) is 14.9 Å². The predicted molar refractivity (Wildman–Crippen MR) is 116 cm³/mol. The van der Waals surface area contributed by atoms with Gasteiger partial charge in [0.2, 0.25) is 11.1 Å². The van der Waals surface area contributed by atoms with Crippen LogP contribution in [0.15, 0.2) is 53.7 Å². The van der Waals surface area contributed by atoms with Gasteiger partial charge < -0.3 is 20.2 Å². The summed E-state index contributed by atoms with van der Waals surface area (Å²) in [6.45, 7) is 4.42. The molecule has 0 spiro atoms. The van der Waals surface area contributed by atoms with Crippen LogP contribution >= 0.6 is 11.8 Å². The number of hydrogen-bond donors (Lipinski definition) is 2. The minimum absolute atomic E-state index is 0.122. The van der Waals surface area contributed by atoms with Crippen LogP contribution in [-0.4, -0.2) is 39.7 Å². The second-order valence-corrected chi connectivity index (χ2v) is 7.84. The molecule has 0 fully saturated rings. The summed E-state index contributed by atoms with van der Waals surface area (Å²) in [5.74, 6) is 2.15. The first kappa shape index (κ1) is 20.1. The maximum Gasteiger partial charge on any atom is 0.240 e. The van der Waals surface area contributed by atoms with Crippen LogP contribution in [0.25, 0.3) is 0 Å². The third-order valence-corrected chi connectivity index (χ3v) is 5.98. The van der Waals surface area contributed by atoms with Crippen molar-refractivity contribution in [3.8, 4) is 11.5 Å². The van der Waals surface area contributed by atoms with Gasteiger partial charge in [0.05, 0.1) is 19.8 Å². The highest BCUT2D eigenvalue weighted by molar-refractivity contribution is 8.00. The van der Waals surface area contributed by atoms with E-state index >= 15 is 0 Å². The second-order valence-electron chi connectivity index (χ2n) is 6.73. The summed E-state index contributed by atoms with van der Waals surface area (Å²) in [7, 11) is 1.61. The molecule has 1 aliphatic rings. The molecule has 0 radical (unpaired) electrons. The molecular weight excluding hydrogens is 402 g/mol. The number of ether oxygens (including phenoxy) is 2. The maximum atomic E-state index is 13.2. The standard InChI is InChI=1S/C21H23N5O3S/c1-4-29-17-9-5-14(6-10-17)18-19(30-21-24-23-13(2)26(21)25-18)20(27)22-15-7-11-16(28-3)12-8-15/h5-12,18-19,25H,4H2,1-3H3,(H,22,27)/t18-,19-/m1/s1. The first-order valence-electron chi connectivity index (χ1n) is 9.62. The first-order chi connectivity index (χ1) is 14.6. The van der Waals surface area contributed by atoms with Gasteiger partial charge >= 0.3 is 0 Å². The van der Waals surface area contributed by atoms with E-state index in [0.717, 1.165) is 22.9 Å². The number of nitrogens with one attached hydrogen (secondary N) is 2.